The van der Waals surface area contributed by atoms with Crippen LogP contribution in [0.15, 0.2) is 28.7 Å². The summed E-state index contributed by atoms with van der Waals surface area (Å²) in [5, 5.41) is 5.60. The SMILES string of the molecule is O=C(Nc1ccc(Br)cc1)C(=O)NC1CCCCCCCCCCC1. The Morgan fingerprint density at radius 3 is 1.76 bits per heavy atom. The van der Waals surface area contributed by atoms with Crippen molar-refractivity contribution >= 4 is 33.4 Å². The zero-order valence-corrected chi connectivity index (χ0v) is 16.4. The first-order valence-electron chi connectivity index (χ1n) is 9.52. The van der Waals surface area contributed by atoms with E-state index in [9.17, 15) is 9.59 Å². The summed E-state index contributed by atoms with van der Waals surface area (Å²) in [6.45, 7) is 0. The van der Waals surface area contributed by atoms with Gasteiger partial charge in [0, 0.05) is 16.2 Å². The summed E-state index contributed by atoms with van der Waals surface area (Å²) in [5.74, 6) is -1.12. The zero-order valence-electron chi connectivity index (χ0n) is 14.9. The molecule has 0 aliphatic heterocycles. The Bertz CT molecular complexity index is 533. The van der Waals surface area contributed by atoms with Gasteiger partial charge in [0.1, 0.15) is 0 Å². The number of amides is 2. The van der Waals surface area contributed by atoms with E-state index >= 15 is 0 Å². The fourth-order valence-corrected chi connectivity index (χ4v) is 3.54. The largest absolute Gasteiger partial charge is 0.345 e. The number of rotatable bonds is 2. The lowest BCUT2D eigenvalue weighted by atomic mass is 9.98. The predicted octanol–water partition coefficient (Wildman–Crippen LogP) is 5.18. The molecule has 1 aromatic carbocycles. The van der Waals surface area contributed by atoms with Gasteiger partial charge in [0.25, 0.3) is 0 Å². The normalized spacial score (nSPS) is 17.8. The van der Waals surface area contributed by atoms with E-state index in [1.165, 1.54) is 44.9 Å². The summed E-state index contributed by atoms with van der Waals surface area (Å²) in [7, 11) is 0. The third kappa shape index (κ3) is 8.04. The summed E-state index contributed by atoms with van der Waals surface area (Å²) >= 11 is 3.35. The van der Waals surface area contributed by atoms with Crippen LogP contribution < -0.4 is 10.6 Å². The van der Waals surface area contributed by atoms with E-state index in [-0.39, 0.29) is 6.04 Å². The summed E-state index contributed by atoms with van der Waals surface area (Å²) < 4.78 is 0.933. The Morgan fingerprint density at radius 2 is 1.24 bits per heavy atom. The van der Waals surface area contributed by atoms with Crippen molar-refractivity contribution in [3.63, 3.8) is 0 Å². The summed E-state index contributed by atoms with van der Waals surface area (Å²) in [6, 6.07) is 7.32. The lowest BCUT2D eigenvalue weighted by molar-refractivity contribution is -0.136. The highest BCUT2D eigenvalue weighted by molar-refractivity contribution is 9.10. The molecule has 0 unspecified atom stereocenters. The monoisotopic (exact) mass is 408 g/mol. The molecule has 1 aliphatic carbocycles. The van der Waals surface area contributed by atoms with Gasteiger partial charge < -0.3 is 10.6 Å². The average Bonchev–Trinajstić information content (AvgIpc) is 2.59. The molecule has 0 aromatic heterocycles. The van der Waals surface area contributed by atoms with Gasteiger partial charge in [-0.3, -0.25) is 9.59 Å². The highest BCUT2D eigenvalue weighted by Crippen LogP contribution is 2.17. The second kappa shape index (κ2) is 11.3. The predicted molar refractivity (Wildman–Crippen MR) is 105 cm³/mol. The summed E-state index contributed by atoms with van der Waals surface area (Å²) in [6.07, 6.45) is 13.2. The molecule has 1 aromatic rings. The molecule has 2 rings (SSSR count). The minimum Gasteiger partial charge on any atom is -0.345 e. The number of hydrogen-bond donors (Lipinski definition) is 2. The maximum atomic E-state index is 12.2. The highest BCUT2D eigenvalue weighted by Gasteiger charge is 2.18. The van der Waals surface area contributed by atoms with Crippen molar-refractivity contribution in [2.45, 2.75) is 76.7 Å². The van der Waals surface area contributed by atoms with Gasteiger partial charge in [-0.1, -0.05) is 73.7 Å². The van der Waals surface area contributed by atoms with Gasteiger partial charge >= 0.3 is 11.8 Å². The molecular formula is C20H29BrN2O2. The number of carbonyl (C=O) groups is 2. The molecule has 0 heterocycles. The Labute approximate surface area is 159 Å². The van der Waals surface area contributed by atoms with Crippen molar-refractivity contribution in [3.05, 3.63) is 28.7 Å². The van der Waals surface area contributed by atoms with Crippen LogP contribution in [0.1, 0.15) is 70.6 Å². The van der Waals surface area contributed by atoms with Gasteiger partial charge in [-0.2, -0.15) is 0 Å². The fourth-order valence-electron chi connectivity index (χ4n) is 3.28. The van der Waals surface area contributed by atoms with Crippen molar-refractivity contribution in [2.75, 3.05) is 5.32 Å². The molecule has 2 amide bonds. The molecule has 0 radical (unpaired) electrons. The van der Waals surface area contributed by atoms with Crippen LogP contribution in [0.25, 0.3) is 0 Å². The Kier molecular flexibility index (Phi) is 9.02. The first-order valence-corrected chi connectivity index (χ1v) is 10.3. The molecule has 0 saturated heterocycles. The van der Waals surface area contributed by atoms with Crippen LogP contribution in [-0.4, -0.2) is 17.9 Å². The van der Waals surface area contributed by atoms with E-state index in [1.807, 2.05) is 12.1 Å². The second-order valence-corrected chi connectivity index (χ2v) is 7.81. The Balaban J connectivity index is 1.82. The van der Waals surface area contributed by atoms with Crippen LogP contribution in [0.2, 0.25) is 0 Å². The molecule has 1 aliphatic rings. The first kappa shape index (κ1) is 20.0. The van der Waals surface area contributed by atoms with Gasteiger partial charge in [0.05, 0.1) is 0 Å². The first-order chi connectivity index (χ1) is 12.1. The van der Waals surface area contributed by atoms with Crippen LogP contribution in [-0.2, 0) is 9.59 Å². The van der Waals surface area contributed by atoms with Crippen LogP contribution in [0, 0.1) is 0 Å². The smallest absolute Gasteiger partial charge is 0.313 e. The van der Waals surface area contributed by atoms with Crippen molar-refractivity contribution in [2.24, 2.45) is 0 Å². The quantitative estimate of drug-likeness (QED) is 0.662. The lowest BCUT2D eigenvalue weighted by Gasteiger charge is -2.19. The maximum Gasteiger partial charge on any atom is 0.313 e. The number of anilines is 1. The molecule has 0 spiro atoms. The minimum atomic E-state index is -0.589. The van der Waals surface area contributed by atoms with Crippen molar-refractivity contribution in [1.82, 2.24) is 5.32 Å². The third-order valence-corrected chi connectivity index (χ3v) is 5.28. The minimum absolute atomic E-state index is 0.114. The number of nitrogens with one attached hydrogen (secondary N) is 2. The summed E-state index contributed by atoms with van der Waals surface area (Å²) in [4.78, 5) is 24.3. The van der Waals surface area contributed by atoms with Crippen LogP contribution >= 0.6 is 15.9 Å². The van der Waals surface area contributed by atoms with Crippen molar-refractivity contribution in [1.29, 1.82) is 0 Å². The number of hydrogen-bond acceptors (Lipinski definition) is 2. The molecular weight excluding hydrogens is 380 g/mol. The molecule has 1 saturated carbocycles. The summed E-state index contributed by atoms with van der Waals surface area (Å²) in [5.41, 5.74) is 0.627. The van der Waals surface area contributed by atoms with Gasteiger partial charge in [0.15, 0.2) is 0 Å². The second-order valence-electron chi connectivity index (χ2n) is 6.89. The molecule has 138 valence electrons. The van der Waals surface area contributed by atoms with Crippen molar-refractivity contribution in [3.8, 4) is 0 Å². The van der Waals surface area contributed by atoms with Gasteiger partial charge in [-0.15, -0.1) is 0 Å². The average molecular weight is 409 g/mol. The van der Waals surface area contributed by atoms with Crippen LogP contribution in [0.5, 0.6) is 0 Å². The van der Waals surface area contributed by atoms with E-state index in [0.717, 1.165) is 30.2 Å². The molecule has 4 nitrogen and oxygen atoms in total. The Hall–Kier alpha value is -1.36. The molecule has 25 heavy (non-hydrogen) atoms. The lowest BCUT2D eigenvalue weighted by Crippen LogP contribution is -2.41. The molecule has 5 heteroatoms. The van der Waals surface area contributed by atoms with Crippen LogP contribution in [0.3, 0.4) is 0 Å². The number of benzene rings is 1. The molecule has 1 fully saturated rings. The van der Waals surface area contributed by atoms with E-state index in [0.29, 0.717) is 5.69 Å². The number of halogens is 1. The third-order valence-electron chi connectivity index (χ3n) is 4.75. The fraction of sp³-hybridized carbons (Fsp3) is 0.600. The number of carbonyl (C=O) groups excluding carboxylic acids is 2. The van der Waals surface area contributed by atoms with Gasteiger partial charge in [-0.25, -0.2) is 0 Å². The van der Waals surface area contributed by atoms with Crippen molar-refractivity contribution < 1.29 is 9.59 Å². The van der Waals surface area contributed by atoms with E-state index < -0.39 is 11.8 Å². The van der Waals surface area contributed by atoms with Gasteiger partial charge in [-0.05, 0) is 37.1 Å². The maximum absolute atomic E-state index is 12.2. The molecule has 2 N–H and O–H groups in total. The van der Waals surface area contributed by atoms with Crippen LogP contribution in [0.4, 0.5) is 5.69 Å². The molecule has 0 bridgehead atoms. The van der Waals surface area contributed by atoms with E-state index in [1.54, 1.807) is 12.1 Å². The topological polar surface area (TPSA) is 58.2 Å². The van der Waals surface area contributed by atoms with E-state index in [2.05, 4.69) is 26.6 Å². The Morgan fingerprint density at radius 1 is 0.760 bits per heavy atom. The molecule has 0 atom stereocenters. The standard InChI is InChI=1S/C20H29BrN2O2/c21-16-12-14-18(15-13-16)23-20(25)19(24)22-17-10-8-6-4-2-1-3-5-7-9-11-17/h12-15,17H,1-11H2,(H,22,24)(H,23,25). The highest BCUT2D eigenvalue weighted by atomic mass is 79.9. The van der Waals surface area contributed by atoms with E-state index in [4.69, 9.17) is 0 Å². The van der Waals surface area contributed by atoms with Gasteiger partial charge in [0.2, 0.25) is 0 Å². The zero-order chi connectivity index (χ0) is 17.9.